The summed E-state index contributed by atoms with van der Waals surface area (Å²) in [5.41, 5.74) is 9.37. The zero-order valence-electron chi connectivity index (χ0n) is 10.9. The normalized spacial score (nSPS) is 10.9. The van der Waals surface area contributed by atoms with Crippen LogP contribution in [-0.4, -0.2) is 10.8 Å². The molecule has 2 aromatic carbocycles. The minimum absolute atomic E-state index is 0.0660. The summed E-state index contributed by atoms with van der Waals surface area (Å²) in [7, 11) is 0. The Morgan fingerprint density at radius 2 is 2.00 bits per heavy atom. The predicted molar refractivity (Wildman–Crippen MR) is 82.3 cm³/mol. The van der Waals surface area contributed by atoms with E-state index in [2.05, 4.69) is 4.98 Å². The Bertz CT molecular complexity index is 820. The van der Waals surface area contributed by atoms with Gasteiger partial charge >= 0.3 is 0 Å². The van der Waals surface area contributed by atoms with Gasteiger partial charge in [-0.3, -0.25) is 4.79 Å². The van der Waals surface area contributed by atoms with Crippen LogP contribution in [0.5, 0.6) is 0 Å². The van der Waals surface area contributed by atoms with Crippen LogP contribution in [0.15, 0.2) is 42.6 Å². The third-order valence-corrected chi connectivity index (χ3v) is 3.67. The Morgan fingerprint density at radius 3 is 2.75 bits per heavy atom. The first-order chi connectivity index (χ1) is 9.56. The molecule has 1 aromatic heterocycles. The van der Waals surface area contributed by atoms with Gasteiger partial charge in [-0.2, -0.15) is 0 Å². The summed E-state index contributed by atoms with van der Waals surface area (Å²) in [6.45, 7) is 2.00. The molecule has 0 aliphatic carbocycles. The van der Waals surface area contributed by atoms with Crippen molar-refractivity contribution >= 4 is 34.0 Å². The van der Waals surface area contributed by atoms with Gasteiger partial charge in [-0.15, -0.1) is 0 Å². The first-order valence-electron chi connectivity index (χ1n) is 6.24. The van der Waals surface area contributed by atoms with Crippen LogP contribution in [0.25, 0.3) is 10.9 Å². The third-order valence-electron chi connectivity index (χ3n) is 3.34. The van der Waals surface area contributed by atoms with E-state index in [1.54, 1.807) is 24.4 Å². The fraction of sp³-hybridized carbons (Fsp3) is 0.0625. The first kappa shape index (κ1) is 12.8. The molecule has 0 aliphatic heterocycles. The lowest BCUT2D eigenvalue weighted by Gasteiger charge is -2.03. The number of nitrogens with one attached hydrogen (secondary N) is 1. The lowest BCUT2D eigenvalue weighted by Crippen LogP contribution is -2.01. The van der Waals surface area contributed by atoms with Gasteiger partial charge in [0.2, 0.25) is 0 Å². The first-order valence-corrected chi connectivity index (χ1v) is 6.61. The topological polar surface area (TPSA) is 58.9 Å². The van der Waals surface area contributed by atoms with Crippen LogP contribution in [0.4, 0.5) is 5.69 Å². The quantitative estimate of drug-likeness (QED) is 0.553. The monoisotopic (exact) mass is 284 g/mol. The van der Waals surface area contributed by atoms with Gasteiger partial charge in [-0.05, 0) is 37.3 Å². The lowest BCUT2D eigenvalue weighted by molar-refractivity contribution is 0.104. The number of hydrogen-bond acceptors (Lipinski definition) is 2. The average Bonchev–Trinajstić information content (AvgIpc) is 2.84. The van der Waals surface area contributed by atoms with Crippen LogP contribution < -0.4 is 5.73 Å². The Balaban J connectivity index is 2.12. The fourth-order valence-corrected chi connectivity index (χ4v) is 2.43. The highest BCUT2D eigenvalue weighted by molar-refractivity contribution is 6.33. The second-order valence-corrected chi connectivity index (χ2v) is 5.22. The molecule has 3 aromatic rings. The molecule has 3 rings (SSSR count). The van der Waals surface area contributed by atoms with Crippen LogP contribution >= 0.6 is 11.6 Å². The number of carbonyl (C=O) groups is 1. The van der Waals surface area contributed by atoms with Crippen LogP contribution in [0.3, 0.4) is 0 Å². The summed E-state index contributed by atoms with van der Waals surface area (Å²) < 4.78 is 0. The van der Waals surface area contributed by atoms with Gasteiger partial charge in [-0.25, -0.2) is 0 Å². The van der Waals surface area contributed by atoms with Gasteiger partial charge < -0.3 is 10.7 Å². The molecule has 0 aliphatic rings. The lowest BCUT2D eigenvalue weighted by atomic mass is 10.0. The van der Waals surface area contributed by atoms with E-state index >= 15 is 0 Å². The van der Waals surface area contributed by atoms with Crippen LogP contribution in [0.2, 0.25) is 5.02 Å². The van der Waals surface area contributed by atoms with Crippen LogP contribution in [0.1, 0.15) is 21.5 Å². The Labute approximate surface area is 121 Å². The summed E-state index contributed by atoms with van der Waals surface area (Å²) >= 11 is 5.98. The molecular formula is C16H13ClN2O. The highest BCUT2D eigenvalue weighted by Crippen LogP contribution is 2.25. The van der Waals surface area contributed by atoms with Crippen molar-refractivity contribution in [3.8, 4) is 0 Å². The standard InChI is InChI=1S/C16H13ClN2O/c1-9-2-5-15-11(6-9)12(8-19-15)16(20)10-3-4-14(18)13(17)7-10/h2-8,19H,18H2,1H3. The maximum Gasteiger partial charge on any atom is 0.195 e. The number of aromatic nitrogens is 1. The van der Waals surface area contributed by atoms with Gasteiger partial charge in [0.1, 0.15) is 0 Å². The van der Waals surface area contributed by atoms with Crippen LogP contribution in [-0.2, 0) is 0 Å². The minimum Gasteiger partial charge on any atom is -0.398 e. The zero-order valence-corrected chi connectivity index (χ0v) is 11.7. The molecule has 0 unspecified atom stereocenters. The molecule has 0 fully saturated rings. The van der Waals surface area contributed by atoms with E-state index in [0.717, 1.165) is 16.5 Å². The summed E-state index contributed by atoms with van der Waals surface area (Å²) in [6, 6.07) is 10.9. The number of nitrogen functional groups attached to an aromatic ring is 1. The van der Waals surface area contributed by atoms with Gasteiger partial charge in [0.05, 0.1) is 10.7 Å². The summed E-state index contributed by atoms with van der Waals surface area (Å²) in [4.78, 5) is 15.7. The van der Waals surface area contributed by atoms with Crippen molar-refractivity contribution in [1.82, 2.24) is 4.98 Å². The minimum atomic E-state index is -0.0660. The number of fused-ring (bicyclic) bond motifs is 1. The molecule has 0 amide bonds. The number of hydrogen-bond donors (Lipinski definition) is 2. The number of ketones is 1. The number of halogens is 1. The van der Waals surface area contributed by atoms with Crippen molar-refractivity contribution in [3.63, 3.8) is 0 Å². The van der Waals surface area contributed by atoms with E-state index in [-0.39, 0.29) is 5.78 Å². The van der Waals surface area contributed by atoms with Crippen molar-refractivity contribution in [1.29, 1.82) is 0 Å². The van der Waals surface area contributed by atoms with Crippen molar-refractivity contribution < 1.29 is 4.79 Å². The molecule has 0 spiro atoms. The van der Waals surface area contributed by atoms with Crippen LogP contribution in [0, 0.1) is 6.92 Å². The van der Waals surface area contributed by atoms with Crippen molar-refractivity contribution in [3.05, 3.63) is 64.3 Å². The fourth-order valence-electron chi connectivity index (χ4n) is 2.25. The van der Waals surface area contributed by atoms with Gasteiger partial charge in [0, 0.05) is 28.2 Å². The van der Waals surface area contributed by atoms with Gasteiger partial charge in [-0.1, -0.05) is 23.2 Å². The largest absolute Gasteiger partial charge is 0.398 e. The maximum absolute atomic E-state index is 12.6. The highest BCUT2D eigenvalue weighted by atomic mass is 35.5. The Morgan fingerprint density at radius 1 is 1.20 bits per heavy atom. The van der Waals surface area contributed by atoms with E-state index in [0.29, 0.717) is 21.8 Å². The molecule has 1 heterocycles. The smallest absolute Gasteiger partial charge is 0.195 e. The van der Waals surface area contributed by atoms with E-state index in [1.165, 1.54) is 0 Å². The predicted octanol–water partition coefficient (Wildman–Crippen LogP) is 3.94. The molecule has 0 radical (unpaired) electrons. The number of aryl methyl sites for hydroxylation is 1. The molecule has 4 heteroatoms. The van der Waals surface area contributed by atoms with E-state index in [1.807, 2.05) is 25.1 Å². The van der Waals surface area contributed by atoms with Gasteiger partial charge in [0.25, 0.3) is 0 Å². The average molecular weight is 285 g/mol. The molecule has 20 heavy (non-hydrogen) atoms. The maximum atomic E-state index is 12.6. The second kappa shape index (κ2) is 4.69. The third kappa shape index (κ3) is 2.06. The van der Waals surface area contributed by atoms with Crippen molar-refractivity contribution in [2.75, 3.05) is 5.73 Å². The molecule has 3 nitrogen and oxygen atoms in total. The molecule has 3 N–H and O–H groups in total. The molecule has 0 atom stereocenters. The number of aromatic amines is 1. The zero-order chi connectivity index (χ0) is 14.3. The SMILES string of the molecule is Cc1ccc2[nH]cc(C(=O)c3ccc(N)c(Cl)c3)c2c1. The number of benzene rings is 2. The summed E-state index contributed by atoms with van der Waals surface area (Å²) in [5, 5.41) is 1.31. The number of nitrogens with two attached hydrogens (primary N) is 1. The number of H-pyrrole nitrogens is 1. The number of carbonyl (C=O) groups excluding carboxylic acids is 1. The highest BCUT2D eigenvalue weighted by Gasteiger charge is 2.15. The van der Waals surface area contributed by atoms with Crippen molar-refractivity contribution in [2.24, 2.45) is 0 Å². The van der Waals surface area contributed by atoms with Gasteiger partial charge in [0.15, 0.2) is 5.78 Å². The van der Waals surface area contributed by atoms with E-state index in [9.17, 15) is 4.79 Å². The Hall–Kier alpha value is -2.26. The molecule has 0 saturated heterocycles. The summed E-state index contributed by atoms with van der Waals surface area (Å²) in [5.74, 6) is -0.0660. The molecule has 0 bridgehead atoms. The molecule has 0 saturated carbocycles. The van der Waals surface area contributed by atoms with E-state index in [4.69, 9.17) is 17.3 Å². The number of anilines is 1. The molecule has 100 valence electrons. The Kier molecular flexibility index (Phi) is 2.99. The summed E-state index contributed by atoms with van der Waals surface area (Å²) in [6.07, 6.45) is 1.73. The van der Waals surface area contributed by atoms with Crippen molar-refractivity contribution in [2.45, 2.75) is 6.92 Å². The van der Waals surface area contributed by atoms with E-state index < -0.39 is 0 Å². The number of rotatable bonds is 2. The second-order valence-electron chi connectivity index (χ2n) is 4.82. The molecular weight excluding hydrogens is 272 g/mol.